The molecule has 6 nitrogen and oxygen atoms in total. The van der Waals surface area contributed by atoms with E-state index in [9.17, 15) is 9.59 Å². The largest absolute Gasteiger partial charge is 0.350 e. The highest BCUT2D eigenvalue weighted by Gasteiger charge is 2.05. The van der Waals surface area contributed by atoms with Crippen molar-refractivity contribution in [2.45, 2.75) is 0 Å². The highest BCUT2D eigenvalue weighted by Crippen LogP contribution is 2.04. The Hall–Kier alpha value is -2.15. The van der Waals surface area contributed by atoms with Crippen molar-refractivity contribution in [3.05, 3.63) is 39.4 Å². The maximum Gasteiger partial charge on any atom is 0.331 e. The minimum absolute atomic E-state index is 0.0856. The number of para-hydroxylation sites is 1. The molecule has 0 atom stereocenters. The van der Waals surface area contributed by atoms with Crippen LogP contribution in [0.2, 0.25) is 0 Å². The first-order valence-electron chi connectivity index (χ1n) is 4.40. The predicted octanol–water partition coefficient (Wildman–Crippen LogP) is 0.681. The van der Waals surface area contributed by atoms with Gasteiger partial charge in [0.1, 0.15) is 0 Å². The van der Waals surface area contributed by atoms with Gasteiger partial charge in [-0.15, -0.1) is 0 Å². The lowest BCUT2D eigenvalue weighted by atomic mass is 10.2. The molecular formula is C9H8N4O2S. The molecule has 7 heteroatoms. The third kappa shape index (κ3) is 1.68. The van der Waals surface area contributed by atoms with Crippen LogP contribution in [-0.4, -0.2) is 15.7 Å². The van der Waals surface area contributed by atoms with Crippen LogP contribution in [0.15, 0.2) is 29.1 Å². The molecule has 0 unspecified atom stereocenters. The molecule has 0 aliphatic rings. The lowest BCUT2D eigenvalue weighted by molar-refractivity contribution is 0.256. The van der Waals surface area contributed by atoms with Crippen LogP contribution in [0.1, 0.15) is 0 Å². The Labute approximate surface area is 94.7 Å². The minimum Gasteiger partial charge on any atom is -0.350 e. The third-order valence-corrected chi connectivity index (χ3v) is 2.31. The minimum atomic E-state index is -0.850. The van der Waals surface area contributed by atoms with Crippen LogP contribution in [0.5, 0.6) is 0 Å². The monoisotopic (exact) mass is 236 g/mol. The fourth-order valence-electron chi connectivity index (χ4n) is 1.37. The lowest BCUT2D eigenvalue weighted by Crippen LogP contribution is -2.37. The van der Waals surface area contributed by atoms with E-state index in [1.165, 1.54) is 0 Å². The summed E-state index contributed by atoms with van der Waals surface area (Å²) in [6, 6.07) is 5.99. The van der Waals surface area contributed by atoms with Crippen LogP contribution in [0.3, 0.4) is 0 Å². The molecule has 16 heavy (non-hydrogen) atoms. The number of H-pyrrole nitrogens is 1. The van der Waals surface area contributed by atoms with E-state index >= 15 is 0 Å². The molecule has 0 radical (unpaired) electrons. The van der Waals surface area contributed by atoms with Gasteiger partial charge >= 0.3 is 6.03 Å². The molecule has 2 rings (SSSR count). The zero-order chi connectivity index (χ0) is 11.7. The van der Waals surface area contributed by atoms with Gasteiger partial charge in [0.25, 0.3) is 5.56 Å². The van der Waals surface area contributed by atoms with Gasteiger partial charge in [-0.25, -0.2) is 10.2 Å². The number of carbonyl (C=O) groups is 1. The first kappa shape index (κ1) is 10.4. The van der Waals surface area contributed by atoms with E-state index in [2.05, 4.69) is 10.4 Å². The summed E-state index contributed by atoms with van der Waals surface area (Å²) in [7, 11) is 0. The molecule has 0 bridgehead atoms. The second-order valence-corrected chi connectivity index (χ2v) is 3.48. The number of nitrogens with two attached hydrogens (primary N) is 1. The van der Waals surface area contributed by atoms with Gasteiger partial charge in [-0.1, -0.05) is 12.1 Å². The summed E-state index contributed by atoms with van der Waals surface area (Å²) in [5, 5.41) is 0.421. The van der Waals surface area contributed by atoms with Crippen molar-refractivity contribution in [2.24, 2.45) is 5.73 Å². The number of fused-ring (bicyclic) bond motifs is 1. The Balaban J connectivity index is 2.81. The average Bonchev–Trinajstić information content (AvgIpc) is 2.24. The number of nitrogens with one attached hydrogen (secondary N) is 2. The van der Waals surface area contributed by atoms with Gasteiger partial charge in [-0.3, -0.25) is 4.79 Å². The molecule has 0 aliphatic carbocycles. The second-order valence-electron chi connectivity index (χ2n) is 3.09. The Morgan fingerprint density at radius 2 is 2.12 bits per heavy atom. The molecule has 2 amide bonds. The van der Waals surface area contributed by atoms with Crippen LogP contribution >= 0.6 is 12.2 Å². The number of carbonyl (C=O) groups excluding carboxylic acids is 1. The van der Waals surface area contributed by atoms with E-state index in [1.807, 2.05) is 0 Å². The van der Waals surface area contributed by atoms with Gasteiger partial charge in [-0.2, -0.15) is 4.68 Å². The zero-order valence-corrected chi connectivity index (χ0v) is 8.88. The highest BCUT2D eigenvalue weighted by molar-refractivity contribution is 7.71. The van der Waals surface area contributed by atoms with Crippen molar-refractivity contribution in [1.29, 1.82) is 0 Å². The lowest BCUT2D eigenvalue weighted by Gasteiger charge is -2.06. The topological polar surface area (TPSA) is 92.9 Å². The summed E-state index contributed by atoms with van der Waals surface area (Å²) in [5.41, 5.74) is 7.27. The molecule has 2 aromatic rings. The maximum absolute atomic E-state index is 11.9. The Bertz CT molecular complexity index is 673. The summed E-state index contributed by atoms with van der Waals surface area (Å²) in [4.78, 5) is 25.4. The molecule has 1 heterocycles. The quantitative estimate of drug-likeness (QED) is 0.636. The van der Waals surface area contributed by atoms with Gasteiger partial charge in [0, 0.05) is 0 Å². The summed E-state index contributed by atoms with van der Waals surface area (Å²) < 4.78 is 0.988. The van der Waals surface area contributed by atoms with Crippen LogP contribution in [0, 0.1) is 4.77 Å². The molecule has 0 saturated heterocycles. The number of amides is 2. The number of urea groups is 1. The molecule has 1 aromatic heterocycles. The van der Waals surface area contributed by atoms with Gasteiger partial charge < -0.3 is 10.7 Å². The summed E-state index contributed by atoms with van der Waals surface area (Å²) in [5.74, 6) is 0. The van der Waals surface area contributed by atoms with Crippen LogP contribution in [0.4, 0.5) is 4.79 Å². The summed E-state index contributed by atoms with van der Waals surface area (Å²) >= 11 is 4.92. The number of aromatic nitrogens is 2. The maximum atomic E-state index is 11.9. The highest BCUT2D eigenvalue weighted by atomic mass is 32.1. The normalized spacial score (nSPS) is 10.2. The van der Waals surface area contributed by atoms with Gasteiger partial charge in [0.15, 0.2) is 4.77 Å². The van der Waals surface area contributed by atoms with Crippen molar-refractivity contribution in [3.63, 3.8) is 0 Å². The predicted molar refractivity (Wildman–Crippen MR) is 62.3 cm³/mol. The average molecular weight is 236 g/mol. The second kappa shape index (κ2) is 3.78. The Kier molecular flexibility index (Phi) is 2.45. The first-order chi connectivity index (χ1) is 7.59. The van der Waals surface area contributed by atoms with Crippen molar-refractivity contribution in [3.8, 4) is 0 Å². The Morgan fingerprint density at radius 1 is 1.44 bits per heavy atom. The van der Waals surface area contributed by atoms with Crippen molar-refractivity contribution in [2.75, 3.05) is 5.43 Å². The molecule has 0 fully saturated rings. The molecule has 4 N–H and O–H groups in total. The van der Waals surface area contributed by atoms with E-state index in [0.717, 1.165) is 4.68 Å². The molecule has 1 aromatic carbocycles. The fraction of sp³-hybridized carbons (Fsp3) is 0. The number of rotatable bonds is 1. The molecule has 0 aliphatic heterocycles. The number of primary amides is 1. The molecular weight excluding hydrogens is 228 g/mol. The number of nitrogens with zero attached hydrogens (tertiary/aromatic N) is 1. The zero-order valence-electron chi connectivity index (χ0n) is 8.06. The van der Waals surface area contributed by atoms with E-state index in [4.69, 9.17) is 18.0 Å². The first-order valence-corrected chi connectivity index (χ1v) is 4.81. The van der Waals surface area contributed by atoms with E-state index < -0.39 is 11.6 Å². The SMILES string of the molecule is NC(=O)Nn1c(=S)[nH]c2ccccc2c1=O. The molecule has 82 valence electrons. The van der Waals surface area contributed by atoms with Crippen LogP contribution in [0.25, 0.3) is 10.9 Å². The van der Waals surface area contributed by atoms with Gasteiger partial charge in [0.2, 0.25) is 0 Å². The van der Waals surface area contributed by atoms with Gasteiger partial charge in [-0.05, 0) is 24.4 Å². The summed E-state index contributed by atoms with van der Waals surface area (Å²) in [6.45, 7) is 0. The van der Waals surface area contributed by atoms with Gasteiger partial charge in [0.05, 0.1) is 10.9 Å². The standard InChI is InChI=1S/C9H8N4O2S/c10-8(15)12-13-7(14)5-3-1-2-4-6(5)11-9(13)16/h1-4H,(H,11,16)(H3,10,12,15). The fourth-order valence-corrected chi connectivity index (χ4v) is 1.61. The number of hydrogen-bond donors (Lipinski definition) is 3. The van der Waals surface area contributed by atoms with Crippen molar-refractivity contribution < 1.29 is 4.79 Å². The van der Waals surface area contributed by atoms with Crippen LogP contribution in [-0.2, 0) is 0 Å². The van der Waals surface area contributed by atoms with E-state index in [0.29, 0.717) is 10.9 Å². The van der Waals surface area contributed by atoms with Crippen molar-refractivity contribution >= 4 is 29.2 Å². The number of benzene rings is 1. The van der Waals surface area contributed by atoms with Crippen molar-refractivity contribution in [1.82, 2.24) is 9.66 Å². The smallest absolute Gasteiger partial charge is 0.331 e. The molecule has 0 spiro atoms. The number of aromatic amines is 1. The van der Waals surface area contributed by atoms with E-state index in [1.54, 1.807) is 24.3 Å². The molecule has 0 saturated carbocycles. The Morgan fingerprint density at radius 3 is 2.81 bits per heavy atom. The van der Waals surface area contributed by atoms with E-state index in [-0.39, 0.29) is 4.77 Å². The number of hydrogen-bond acceptors (Lipinski definition) is 3. The van der Waals surface area contributed by atoms with Crippen LogP contribution < -0.4 is 16.7 Å². The summed E-state index contributed by atoms with van der Waals surface area (Å²) in [6.07, 6.45) is 0. The third-order valence-electron chi connectivity index (χ3n) is 2.03.